The molecule has 1 aromatic rings. The third-order valence-corrected chi connectivity index (χ3v) is 2.53. The molecule has 0 saturated heterocycles. The fourth-order valence-electron chi connectivity index (χ4n) is 1.57. The summed E-state index contributed by atoms with van der Waals surface area (Å²) in [6.07, 6.45) is 0.0997. The van der Waals surface area contributed by atoms with Gasteiger partial charge in [0.1, 0.15) is 11.8 Å². The second-order valence-corrected chi connectivity index (χ2v) is 4.12. The number of aliphatic carboxylic acids is 1. The number of nitrogens with one attached hydrogen (secondary N) is 1. The van der Waals surface area contributed by atoms with Crippen LogP contribution in [0.15, 0.2) is 18.2 Å². The molecule has 0 fully saturated rings. The van der Waals surface area contributed by atoms with E-state index in [0.29, 0.717) is 5.75 Å². The van der Waals surface area contributed by atoms with Crippen LogP contribution in [0.1, 0.15) is 18.1 Å². The predicted molar refractivity (Wildman–Crippen MR) is 66.7 cm³/mol. The van der Waals surface area contributed by atoms with E-state index in [4.69, 9.17) is 9.84 Å². The van der Waals surface area contributed by atoms with Crippen LogP contribution in [0.4, 0.5) is 0 Å². The van der Waals surface area contributed by atoms with Gasteiger partial charge in [-0.25, -0.2) is 0 Å². The van der Waals surface area contributed by atoms with E-state index < -0.39 is 12.0 Å². The van der Waals surface area contributed by atoms with E-state index in [2.05, 4.69) is 5.32 Å². The molecule has 1 rings (SSSR count). The lowest BCUT2D eigenvalue weighted by molar-refractivity contribution is -0.141. The quantitative estimate of drug-likeness (QED) is 0.822. The lowest BCUT2D eigenvalue weighted by Gasteiger charge is -2.12. The van der Waals surface area contributed by atoms with Gasteiger partial charge in [0.05, 0.1) is 13.5 Å². The van der Waals surface area contributed by atoms with Gasteiger partial charge in [-0.2, -0.15) is 0 Å². The predicted octanol–water partition coefficient (Wildman–Crippen LogP) is 1.14. The van der Waals surface area contributed by atoms with Gasteiger partial charge in [-0.05, 0) is 19.9 Å². The Balaban J connectivity index is 2.75. The molecule has 98 valence electrons. The number of carboxylic acids is 1. The Morgan fingerprint density at radius 1 is 1.44 bits per heavy atom. The number of benzene rings is 1. The lowest BCUT2D eigenvalue weighted by atomic mass is 10.1. The van der Waals surface area contributed by atoms with Crippen LogP contribution in [0.2, 0.25) is 0 Å². The maximum atomic E-state index is 11.7. The van der Waals surface area contributed by atoms with Crippen LogP contribution in [0.3, 0.4) is 0 Å². The van der Waals surface area contributed by atoms with E-state index in [0.717, 1.165) is 11.1 Å². The van der Waals surface area contributed by atoms with E-state index in [9.17, 15) is 9.59 Å². The second kappa shape index (κ2) is 6.05. The summed E-state index contributed by atoms with van der Waals surface area (Å²) in [5.41, 5.74) is 1.76. The summed E-state index contributed by atoms with van der Waals surface area (Å²) in [7, 11) is 1.53. The van der Waals surface area contributed by atoms with Crippen molar-refractivity contribution in [2.75, 3.05) is 7.11 Å². The largest absolute Gasteiger partial charge is 0.496 e. The Hall–Kier alpha value is -2.04. The average molecular weight is 251 g/mol. The molecule has 1 atom stereocenters. The Morgan fingerprint density at radius 3 is 2.67 bits per heavy atom. The molecular weight excluding hydrogens is 234 g/mol. The zero-order chi connectivity index (χ0) is 13.7. The minimum absolute atomic E-state index is 0.0997. The number of hydrogen-bond acceptors (Lipinski definition) is 3. The van der Waals surface area contributed by atoms with E-state index in [1.807, 2.05) is 19.1 Å². The molecule has 0 saturated carbocycles. The zero-order valence-electron chi connectivity index (χ0n) is 10.7. The summed E-state index contributed by atoms with van der Waals surface area (Å²) in [5, 5.41) is 11.1. The van der Waals surface area contributed by atoms with E-state index in [1.54, 1.807) is 6.07 Å². The van der Waals surface area contributed by atoms with Crippen LogP contribution in [-0.2, 0) is 16.0 Å². The smallest absolute Gasteiger partial charge is 0.325 e. The lowest BCUT2D eigenvalue weighted by Crippen LogP contribution is -2.39. The van der Waals surface area contributed by atoms with Crippen molar-refractivity contribution in [1.82, 2.24) is 5.32 Å². The zero-order valence-corrected chi connectivity index (χ0v) is 10.7. The molecule has 0 spiro atoms. The standard InChI is InChI=1S/C13H17NO4/c1-8-4-5-11(18-3)10(6-8)7-12(15)14-9(2)13(16)17/h4-6,9H,7H2,1-3H3,(H,14,15)(H,16,17)/t9-/m1/s1. The molecule has 0 heterocycles. The Bertz CT molecular complexity index is 456. The number of methoxy groups -OCH3 is 1. The normalized spacial score (nSPS) is 11.7. The van der Waals surface area contributed by atoms with Crippen molar-refractivity contribution < 1.29 is 19.4 Å². The van der Waals surface area contributed by atoms with Gasteiger partial charge in [-0.15, -0.1) is 0 Å². The van der Waals surface area contributed by atoms with Gasteiger partial charge < -0.3 is 15.2 Å². The summed E-state index contributed by atoms with van der Waals surface area (Å²) in [5.74, 6) is -0.771. The number of carbonyl (C=O) groups is 2. The van der Waals surface area contributed by atoms with Gasteiger partial charge in [0, 0.05) is 5.56 Å². The second-order valence-electron chi connectivity index (χ2n) is 4.12. The molecule has 0 radical (unpaired) electrons. The Kier molecular flexibility index (Phi) is 4.71. The molecule has 1 amide bonds. The van der Waals surface area contributed by atoms with Crippen LogP contribution in [-0.4, -0.2) is 30.1 Å². The average Bonchev–Trinajstić information content (AvgIpc) is 2.28. The Morgan fingerprint density at radius 2 is 2.11 bits per heavy atom. The van der Waals surface area contributed by atoms with Crippen LogP contribution in [0.5, 0.6) is 5.75 Å². The van der Waals surface area contributed by atoms with Crippen molar-refractivity contribution in [1.29, 1.82) is 0 Å². The number of amides is 1. The highest BCUT2D eigenvalue weighted by Crippen LogP contribution is 2.20. The molecule has 0 aliphatic rings. The van der Waals surface area contributed by atoms with Crippen LogP contribution in [0.25, 0.3) is 0 Å². The fraction of sp³-hybridized carbons (Fsp3) is 0.385. The van der Waals surface area contributed by atoms with Crippen molar-refractivity contribution in [2.45, 2.75) is 26.3 Å². The maximum Gasteiger partial charge on any atom is 0.325 e. The van der Waals surface area contributed by atoms with Crippen molar-refractivity contribution in [3.05, 3.63) is 29.3 Å². The van der Waals surface area contributed by atoms with Crippen molar-refractivity contribution in [2.24, 2.45) is 0 Å². The fourth-order valence-corrected chi connectivity index (χ4v) is 1.57. The first-order valence-corrected chi connectivity index (χ1v) is 5.59. The molecule has 0 bridgehead atoms. The molecule has 0 aliphatic heterocycles. The number of rotatable bonds is 5. The van der Waals surface area contributed by atoms with Gasteiger partial charge >= 0.3 is 5.97 Å². The monoisotopic (exact) mass is 251 g/mol. The minimum Gasteiger partial charge on any atom is -0.496 e. The topological polar surface area (TPSA) is 75.6 Å². The van der Waals surface area contributed by atoms with Crippen molar-refractivity contribution in [3.8, 4) is 5.75 Å². The van der Waals surface area contributed by atoms with Crippen LogP contribution >= 0.6 is 0 Å². The summed E-state index contributed by atoms with van der Waals surface area (Å²) in [6.45, 7) is 3.34. The van der Waals surface area contributed by atoms with E-state index in [1.165, 1.54) is 14.0 Å². The van der Waals surface area contributed by atoms with Gasteiger partial charge in [0.2, 0.25) is 5.91 Å². The third kappa shape index (κ3) is 3.76. The van der Waals surface area contributed by atoms with Crippen molar-refractivity contribution in [3.63, 3.8) is 0 Å². The van der Waals surface area contributed by atoms with Gasteiger partial charge in [-0.3, -0.25) is 9.59 Å². The molecule has 18 heavy (non-hydrogen) atoms. The molecular formula is C13H17NO4. The SMILES string of the molecule is COc1ccc(C)cc1CC(=O)N[C@H](C)C(=O)O. The number of carboxylic acid groups (broad SMARTS) is 1. The number of ether oxygens (including phenoxy) is 1. The van der Waals surface area contributed by atoms with Gasteiger partial charge in [0.25, 0.3) is 0 Å². The number of carbonyl (C=O) groups excluding carboxylic acids is 1. The molecule has 5 heteroatoms. The summed E-state index contributed by atoms with van der Waals surface area (Å²) >= 11 is 0. The highest BCUT2D eigenvalue weighted by atomic mass is 16.5. The highest BCUT2D eigenvalue weighted by Gasteiger charge is 2.15. The maximum absolute atomic E-state index is 11.7. The van der Waals surface area contributed by atoms with E-state index >= 15 is 0 Å². The summed E-state index contributed by atoms with van der Waals surface area (Å²) in [4.78, 5) is 22.3. The Labute approximate surface area is 106 Å². The molecule has 0 aliphatic carbocycles. The molecule has 5 nitrogen and oxygen atoms in total. The molecule has 2 N–H and O–H groups in total. The van der Waals surface area contributed by atoms with E-state index in [-0.39, 0.29) is 12.3 Å². The first kappa shape index (κ1) is 14.0. The minimum atomic E-state index is -1.06. The summed E-state index contributed by atoms with van der Waals surface area (Å²) < 4.78 is 5.16. The number of aryl methyl sites for hydroxylation is 1. The first-order chi connectivity index (χ1) is 8.43. The highest BCUT2D eigenvalue weighted by molar-refractivity contribution is 5.85. The van der Waals surface area contributed by atoms with Gasteiger partial charge in [-0.1, -0.05) is 17.7 Å². The molecule has 1 aromatic carbocycles. The number of hydrogen-bond donors (Lipinski definition) is 2. The van der Waals surface area contributed by atoms with Crippen molar-refractivity contribution >= 4 is 11.9 Å². The van der Waals surface area contributed by atoms with Gasteiger partial charge in [0.15, 0.2) is 0 Å². The van der Waals surface area contributed by atoms with Crippen LogP contribution in [0, 0.1) is 6.92 Å². The molecule has 0 unspecified atom stereocenters. The molecule has 0 aromatic heterocycles. The summed E-state index contributed by atoms with van der Waals surface area (Å²) in [6, 6.07) is 4.64. The third-order valence-electron chi connectivity index (χ3n) is 2.53. The first-order valence-electron chi connectivity index (χ1n) is 5.59. The van der Waals surface area contributed by atoms with Crippen LogP contribution < -0.4 is 10.1 Å².